The molecule has 0 aromatic heterocycles. The molecule has 0 atom stereocenters. The minimum Gasteiger partial charge on any atom is -0.354 e. The highest BCUT2D eigenvalue weighted by molar-refractivity contribution is 5.85. The Bertz CT molecular complexity index is 261. The van der Waals surface area contributed by atoms with Gasteiger partial charge in [-0.1, -0.05) is 32.1 Å². The molecule has 0 unspecified atom stereocenters. The summed E-state index contributed by atoms with van der Waals surface area (Å²) in [4.78, 5) is 22.4. The molecule has 1 aliphatic carbocycles. The first-order chi connectivity index (χ1) is 8.72. The van der Waals surface area contributed by atoms with Crippen molar-refractivity contribution < 1.29 is 9.59 Å². The normalized spacial score (nSPS) is 17.6. The number of hydrogen-bond acceptors (Lipinski definition) is 3. The second-order valence-corrected chi connectivity index (χ2v) is 5.00. The number of hydrogen-bond donors (Lipinski definition) is 3. The smallest absolute Gasteiger partial charge is 0.239 e. The monoisotopic (exact) mass is 255 g/mol. The summed E-state index contributed by atoms with van der Waals surface area (Å²) >= 11 is 0. The molecule has 1 rings (SSSR count). The molecule has 0 heterocycles. The maximum atomic E-state index is 11.5. The topological polar surface area (TPSA) is 84.2 Å². The van der Waals surface area contributed by atoms with Crippen LogP contribution in [0.2, 0.25) is 0 Å². The van der Waals surface area contributed by atoms with Crippen molar-refractivity contribution >= 4 is 11.8 Å². The van der Waals surface area contributed by atoms with Gasteiger partial charge in [-0.05, 0) is 18.8 Å². The van der Waals surface area contributed by atoms with E-state index in [0.717, 1.165) is 6.54 Å². The lowest BCUT2D eigenvalue weighted by Gasteiger charge is -2.20. The number of nitrogens with one attached hydrogen (secondary N) is 2. The lowest BCUT2D eigenvalue weighted by Crippen LogP contribution is -2.40. The summed E-state index contributed by atoms with van der Waals surface area (Å²) < 4.78 is 0. The van der Waals surface area contributed by atoms with E-state index in [0.29, 0.717) is 5.92 Å². The van der Waals surface area contributed by atoms with Crippen molar-refractivity contribution in [3.63, 3.8) is 0 Å². The molecule has 1 fully saturated rings. The summed E-state index contributed by atoms with van der Waals surface area (Å²) in [6.07, 6.45) is 8.93. The first-order valence-corrected chi connectivity index (χ1v) is 6.96. The zero-order valence-corrected chi connectivity index (χ0v) is 11.0. The van der Waals surface area contributed by atoms with Gasteiger partial charge in [0, 0.05) is 6.54 Å². The van der Waals surface area contributed by atoms with Crippen LogP contribution in [0.5, 0.6) is 0 Å². The van der Waals surface area contributed by atoms with Gasteiger partial charge in [0.2, 0.25) is 11.8 Å². The number of nitrogens with two attached hydrogens (primary N) is 1. The molecule has 0 spiro atoms. The fraction of sp³-hybridized carbons (Fsp3) is 0.846. The highest BCUT2D eigenvalue weighted by Crippen LogP contribution is 2.21. The Morgan fingerprint density at radius 1 is 0.944 bits per heavy atom. The van der Waals surface area contributed by atoms with Crippen LogP contribution >= 0.6 is 0 Å². The Morgan fingerprint density at radius 3 is 2.17 bits per heavy atom. The number of carbonyl (C=O) groups is 2. The van der Waals surface area contributed by atoms with Gasteiger partial charge in [0.25, 0.3) is 0 Å². The Morgan fingerprint density at radius 2 is 1.56 bits per heavy atom. The summed E-state index contributed by atoms with van der Waals surface area (Å²) in [5.74, 6) is 0.175. The second kappa shape index (κ2) is 8.91. The maximum absolute atomic E-state index is 11.5. The molecule has 0 radical (unpaired) electrons. The zero-order chi connectivity index (χ0) is 13.2. The van der Waals surface area contributed by atoms with E-state index in [4.69, 9.17) is 5.73 Å². The third-order valence-electron chi connectivity index (χ3n) is 3.44. The van der Waals surface area contributed by atoms with E-state index in [1.54, 1.807) is 0 Å². The van der Waals surface area contributed by atoms with E-state index in [9.17, 15) is 9.59 Å². The summed E-state index contributed by atoms with van der Waals surface area (Å²) in [6.45, 7) is 0.690. The van der Waals surface area contributed by atoms with Crippen LogP contribution in [0.1, 0.15) is 44.9 Å². The molecule has 0 aromatic rings. The fourth-order valence-electron chi connectivity index (χ4n) is 2.32. The molecule has 0 bridgehead atoms. The third kappa shape index (κ3) is 6.59. The van der Waals surface area contributed by atoms with Gasteiger partial charge in [-0.25, -0.2) is 0 Å². The SMILES string of the molecule is NCC(=O)NCC(=O)NCC1CCCCCCC1. The average Bonchev–Trinajstić information content (AvgIpc) is 2.34. The highest BCUT2D eigenvalue weighted by Gasteiger charge is 2.12. The Hall–Kier alpha value is -1.10. The van der Waals surface area contributed by atoms with E-state index in [2.05, 4.69) is 10.6 Å². The van der Waals surface area contributed by atoms with Crippen LogP contribution in [0.25, 0.3) is 0 Å². The van der Waals surface area contributed by atoms with Crippen molar-refractivity contribution in [2.45, 2.75) is 44.9 Å². The highest BCUT2D eigenvalue weighted by atomic mass is 16.2. The molecule has 5 nitrogen and oxygen atoms in total. The average molecular weight is 255 g/mol. The van der Waals surface area contributed by atoms with Crippen molar-refractivity contribution in [1.82, 2.24) is 10.6 Å². The Labute approximate surface area is 109 Å². The molecule has 104 valence electrons. The van der Waals surface area contributed by atoms with Gasteiger partial charge in [0.15, 0.2) is 0 Å². The minimum absolute atomic E-state index is 0.0305. The standard InChI is InChI=1S/C13H25N3O2/c14-8-12(17)16-10-13(18)15-9-11-6-4-2-1-3-5-7-11/h11H,1-10,14H2,(H,15,18)(H,16,17). The zero-order valence-electron chi connectivity index (χ0n) is 11.0. The summed E-state index contributed by atoms with van der Waals surface area (Å²) in [5.41, 5.74) is 5.14. The van der Waals surface area contributed by atoms with Gasteiger partial charge < -0.3 is 16.4 Å². The van der Waals surface area contributed by atoms with Crippen molar-refractivity contribution in [2.24, 2.45) is 11.7 Å². The number of amides is 2. The first-order valence-electron chi connectivity index (χ1n) is 6.96. The van der Waals surface area contributed by atoms with E-state index >= 15 is 0 Å². The molecule has 4 N–H and O–H groups in total. The van der Waals surface area contributed by atoms with E-state index < -0.39 is 0 Å². The van der Waals surface area contributed by atoms with Gasteiger partial charge in [0.1, 0.15) is 0 Å². The molecule has 5 heteroatoms. The van der Waals surface area contributed by atoms with Gasteiger partial charge in [-0.3, -0.25) is 9.59 Å². The van der Waals surface area contributed by atoms with Crippen LogP contribution in [-0.4, -0.2) is 31.4 Å². The van der Waals surface area contributed by atoms with E-state index in [-0.39, 0.29) is 24.9 Å². The molecule has 1 aliphatic rings. The molecule has 0 aromatic carbocycles. The number of carbonyl (C=O) groups excluding carboxylic acids is 2. The predicted octanol–water partition coefficient (Wildman–Crippen LogP) is 0.538. The van der Waals surface area contributed by atoms with Crippen LogP contribution < -0.4 is 16.4 Å². The van der Waals surface area contributed by atoms with Crippen LogP contribution in [0.15, 0.2) is 0 Å². The maximum Gasteiger partial charge on any atom is 0.239 e. The van der Waals surface area contributed by atoms with Crippen LogP contribution in [-0.2, 0) is 9.59 Å². The quantitative estimate of drug-likeness (QED) is 0.670. The summed E-state index contributed by atoms with van der Waals surface area (Å²) in [5, 5.41) is 5.35. The molecular weight excluding hydrogens is 230 g/mol. The van der Waals surface area contributed by atoms with Gasteiger partial charge in [-0.2, -0.15) is 0 Å². The predicted molar refractivity (Wildman–Crippen MR) is 70.9 cm³/mol. The molecular formula is C13H25N3O2. The second-order valence-electron chi connectivity index (χ2n) is 5.00. The Balaban J connectivity index is 2.13. The number of rotatable bonds is 5. The van der Waals surface area contributed by atoms with Gasteiger partial charge in [-0.15, -0.1) is 0 Å². The van der Waals surface area contributed by atoms with Crippen molar-refractivity contribution in [3.8, 4) is 0 Å². The molecule has 0 aliphatic heterocycles. The van der Waals surface area contributed by atoms with Crippen LogP contribution in [0, 0.1) is 5.92 Å². The summed E-state index contributed by atoms with van der Waals surface area (Å²) in [6, 6.07) is 0. The van der Waals surface area contributed by atoms with Crippen molar-refractivity contribution in [1.29, 1.82) is 0 Å². The molecule has 18 heavy (non-hydrogen) atoms. The van der Waals surface area contributed by atoms with Crippen molar-refractivity contribution in [3.05, 3.63) is 0 Å². The molecule has 1 saturated carbocycles. The summed E-state index contributed by atoms with van der Waals surface area (Å²) in [7, 11) is 0. The van der Waals surface area contributed by atoms with Crippen molar-refractivity contribution in [2.75, 3.05) is 19.6 Å². The first kappa shape index (κ1) is 15.0. The van der Waals surface area contributed by atoms with Crippen LogP contribution in [0.3, 0.4) is 0 Å². The molecule has 0 saturated heterocycles. The lowest BCUT2D eigenvalue weighted by molar-refractivity contribution is -0.125. The molecule has 2 amide bonds. The van der Waals surface area contributed by atoms with E-state index in [1.807, 2.05) is 0 Å². The minimum atomic E-state index is -0.295. The largest absolute Gasteiger partial charge is 0.354 e. The lowest BCUT2D eigenvalue weighted by atomic mass is 9.91. The van der Waals surface area contributed by atoms with Gasteiger partial charge in [0.05, 0.1) is 13.1 Å². The Kier molecular flexibility index (Phi) is 7.41. The van der Waals surface area contributed by atoms with Gasteiger partial charge >= 0.3 is 0 Å². The van der Waals surface area contributed by atoms with Crippen LogP contribution in [0.4, 0.5) is 0 Å². The fourth-order valence-corrected chi connectivity index (χ4v) is 2.32. The van der Waals surface area contributed by atoms with E-state index in [1.165, 1.54) is 44.9 Å². The third-order valence-corrected chi connectivity index (χ3v) is 3.44.